The van der Waals surface area contributed by atoms with Gasteiger partial charge in [-0.25, -0.2) is 9.97 Å². The number of aromatic nitrogens is 2. The van der Waals surface area contributed by atoms with Crippen LogP contribution in [0.25, 0.3) is 18.2 Å². The molecule has 0 saturated carbocycles. The Morgan fingerprint density at radius 2 is 2.07 bits per heavy atom. The second-order valence-electron chi connectivity index (χ2n) is 6.36. The van der Waals surface area contributed by atoms with Crippen LogP contribution < -0.4 is 20.6 Å². The van der Waals surface area contributed by atoms with Gasteiger partial charge in [0.15, 0.2) is 0 Å². The fourth-order valence-electron chi connectivity index (χ4n) is 3.03. The second kappa shape index (κ2) is 10.00. The van der Waals surface area contributed by atoms with Crippen LogP contribution in [0.1, 0.15) is 36.0 Å². The van der Waals surface area contributed by atoms with E-state index in [1.165, 1.54) is 5.57 Å². The van der Waals surface area contributed by atoms with Gasteiger partial charge in [0.05, 0.1) is 19.1 Å². The number of nitrogens with zero attached hydrogens (tertiary/aromatic N) is 2. The van der Waals surface area contributed by atoms with E-state index in [1.54, 1.807) is 7.11 Å². The van der Waals surface area contributed by atoms with Crippen molar-refractivity contribution >= 4 is 18.2 Å². The van der Waals surface area contributed by atoms with Crippen LogP contribution in [0.5, 0.6) is 5.75 Å². The first-order chi connectivity index (χ1) is 13.0. The van der Waals surface area contributed by atoms with E-state index in [0.29, 0.717) is 13.1 Å². The summed E-state index contributed by atoms with van der Waals surface area (Å²) >= 11 is 0. The van der Waals surface area contributed by atoms with Crippen LogP contribution in [0.4, 0.5) is 0 Å². The third-order valence-corrected chi connectivity index (χ3v) is 4.41. The van der Waals surface area contributed by atoms with Crippen molar-refractivity contribution in [3.8, 4) is 5.75 Å². The standard InChI is InChI=1S/C22H29N3O2/c1-6-18(7-9-21-15(2)24-17(4)25-16(21)3)19-8-10-22(27-5)20(13-19)14-23-11-12-26/h7-10,13,23,26H,2,6,11-12,14H2,1,3-5H3/b18-7+,21-9+. The Kier molecular flexibility index (Phi) is 7.70. The molecule has 0 aliphatic carbocycles. The van der Waals surface area contributed by atoms with Crippen molar-refractivity contribution in [3.05, 3.63) is 57.5 Å². The number of hydrogen-bond acceptors (Lipinski definition) is 5. The number of methoxy groups -OCH3 is 1. The molecule has 0 aliphatic heterocycles. The molecule has 1 aromatic heterocycles. The van der Waals surface area contributed by atoms with E-state index in [-0.39, 0.29) is 6.61 Å². The summed E-state index contributed by atoms with van der Waals surface area (Å²) in [6.07, 6.45) is 5.05. The maximum atomic E-state index is 8.97. The lowest BCUT2D eigenvalue weighted by molar-refractivity contribution is 0.291. The van der Waals surface area contributed by atoms with E-state index < -0.39 is 0 Å². The monoisotopic (exact) mass is 367 g/mol. The minimum absolute atomic E-state index is 0.114. The Morgan fingerprint density at radius 1 is 1.30 bits per heavy atom. The smallest absolute Gasteiger partial charge is 0.126 e. The molecule has 5 nitrogen and oxygen atoms in total. The molecule has 0 radical (unpaired) electrons. The van der Waals surface area contributed by atoms with Gasteiger partial charge in [0.2, 0.25) is 0 Å². The number of nitrogens with one attached hydrogen (secondary N) is 1. The molecule has 1 aromatic carbocycles. The number of allylic oxidation sites excluding steroid dienone is 2. The van der Waals surface area contributed by atoms with Gasteiger partial charge in [0.25, 0.3) is 0 Å². The lowest BCUT2D eigenvalue weighted by Crippen LogP contribution is -2.31. The van der Waals surface area contributed by atoms with Gasteiger partial charge in [-0.05, 0) is 43.5 Å². The first-order valence-electron chi connectivity index (χ1n) is 9.20. The van der Waals surface area contributed by atoms with Gasteiger partial charge in [0.1, 0.15) is 11.6 Å². The highest BCUT2D eigenvalue weighted by Crippen LogP contribution is 2.25. The number of benzene rings is 1. The number of aryl methyl sites for hydroxylation is 2. The average molecular weight is 367 g/mol. The molecule has 0 fully saturated rings. The second-order valence-corrected chi connectivity index (χ2v) is 6.36. The molecule has 0 aliphatic rings. The first kappa shape index (κ1) is 20.8. The van der Waals surface area contributed by atoms with Gasteiger partial charge in [0, 0.05) is 29.6 Å². The van der Waals surface area contributed by atoms with Gasteiger partial charge >= 0.3 is 0 Å². The molecule has 2 aromatic rings. The third kappa shape index (κ3) is 5.49. The van der Waals surface area contributed by atoms with Crippen molar-refractivity contribution < 1.29 is 9.84 Å². The van der Waals surface area contributed by atoms with Crippen molar-refractivity contribution in [2.75, 3.05) is 20.3 Å². The van der Waals surface area contributed by atoms with Gasteiger partial charge in [-0.2, -0.15) is 0 Å². The van der Waals surface area contributed by atoms with Gasteiger partial charge in [-0.3, -0.25) is 0 Å². The molecular formula is C22H29N3O2. The molecular weight excluding hydrogens is 338 g/mol. The van der Waals surface area contributed by atoms with Gasteiger partial charge < -0.3 is 15.2 Å². The van der Waals surface area contributed by atoms with E-state index >= 15 is 0 Å². The molecule has 2 rings (SSSR count). The van der Waals surface area contributed by atoms with E-state index in [0.717, 1.165) is 45.4 Å². The lowest BCUT2D eigenvalue weighted by atomic mass is 9.99. The first-order valence-corrected chi connectivity index (χ1v) is 9.20. The minimum atomic E-state index is 0.114. The fourth-order valence-corrected chi connectivity index (χ4v) is 3.03. The summed E-state index contributed by atoms with van der Waals surface area (Å²) in [6, 6.07) is 6.19. The van der Waals surface area contributed by atoms with Crippen LogP contribution >= 0.6 is 0 Å². The highest BCUT2D eigenvalue weighted by molar-refractivity contribution is 5.72. The zero-order valence-electron chi connectivity index (χ0n) is 16.7. The van der Waals surface area contributed by atoms with E-state index in [1.807, 2.05) is 26.0 Å². The fraction of sp³-hybridized carbons (Fsp3) is 0.364. The Hall–Kier alpha value is -2.50. The molecule has 5 heteroatoms. The minimum Gasteiger partial charge on any atom is -0.496 e. The van der Waals surface area contributed by atoms with Crippen LogP contribution in [0.15, 0.2) is 24.3 Å². The largest absolute Gasteiger partial charge is 0.496 e. The van der Waals surface area contributed by atoms with Crippen molar-refractivity contribution in [2.45, 2.75) is 33.7 Å². The highest BCUT2D eigenvalue weighted by atomic mass is 16.5. The molecule has 0 saturated heterocycles. The summed E-state index contributed by atoms with van der Waals surface area (Å²) in [6.45, 7) is 11.3. The number of ether oxygens (including phenoxy) is 1. The van der Waals surface area contributed by atoms with Gasteiger partial charge in [-0.15, -0.1) is 0 Å². The summed E-state index contributed by atoms with van der Waals surface area (Å²) < 4.78 is 5.46. The summed E-state index contributed by atoms with van der Waals surface area (Å²) in [5, 5.41) is 13.9. The van der Waals surface area contributed by atoms with Crippen LogP contribution in [0.2, 0.25) is 0 Å². The Bertz CT molecular complexity index is 920. The summed E-state index contributed by atoms with van der Waals surface area (Å²) in [5.74, 6) is 1.58. The van der Waals surface area contributed by atoms with E-state index in [9.17, 15) is 0 Å². The zero-order chi connectivity index (χ0) is 19.8. The zero-order valence-corrected chi connectivity index (χ0v) is 16.7. The molecule has 1 heterocycles. The van der Waals surface area contributed by atoms with Crippen LogP contribution in [0, 0.1) is 13.8 Å². The molecule has 2 N–H and O–H groups in total. The van der Waals surface area contributed by atoms with Gasteiger partial charge in [-0.1, -0.05) is 31.7 Å². The van der Waals surface area contributed by atoms with Crippen molar-refractivity contribution in [3.63, 3.8) is 0 Å². The topological polar surface area (TPSA) is 67.3 Å². The normalized spacial score (nSPS) is 12.5. The highest BCUT2D eigenvalue weighted by Gasteiger charge is 2.07. The lowest BCUT2D eigenvalue weighted by Gasteiger charge is -2.13. The number of aliphatic hydroxyl groups excluding tert-OH is 1. The van der Waals surface area contributed by atoms with Crippen molar-refractivity contribution in [2.24, 2.45) is 0 Å². The van der Waals surface area contributed by atoms with Crippen LogP contribution in [-0.2, 0) is 6.54 Å². The molecule has 0 spiro atoms. The predicted molar refractivity (Wildman–Crippen MR) is 111 cm³/mol. The van der Waals surface area contributed by atoms with E-state index in [4.69, 9.17) is 9.84 Å². The average Bonchev–Trinajstić information content (AvgIpc) is 2.64. The van der Waals surface area contributed by atoms with Crippen LogP contribution in [-0.4, -0.2) is 35.3 Å². The molecule has 0 bridgehead atoms. The van der Waals surface area contributed by atoms with Crippen LogP contribution in [0.3, 0.4) is 0 Å². The predicted octanol–water partition coefficient (Wildman–Crippen LogP) is 1.87. The Morgan fingerprint density at radius 3 is 2.70 bits per heavy atom. The number of aliphatic hydroxyl groups is 1. The quantitative estimate of drug-likeness (QED) is 0.697. The van der Waals surface area contributed by atoms with Crippen molar-refractivity contribution in [1.82, 2.24) is 15.3 Å². The molecule has 0 unspecified atom stereocenters. The SMILES string of the molecule is C=c1nc(C)nc(C)/c1=C/C=C(\CC)c1ccc(OC)c(CNCCO)c1. The molecule has 144 valence electrons. The molecule has 0 amide bonds. The Balaban J connectivity index is 2.42. The molecule has 0 atom stereocenters. The van der Waals surface area contributed by atoms with E-state index in [2.05, 4.69) is 47.0 Å². The summed E-state index contributed by atoms with van der Waals surface area (Å²) in [4.78, 5) is 8.79. The maximum absolute atomic E-state index is 8.97. The summed E-state index contributed by atoms with van der Waals surface area (Å²) in [5.41, 5.74) is 4.35. The number of hydrogen-bond donors (Lipinski definition) is 2. The Labute approximate surface area is 161 Å². The number of rotatable bonds is 8. The van der Waals surface area contributed by atoms with Crippen molar-refractivity contribution in [1.29, 1.82) is 0 Å². The maximum Gasteiger partial charge on any atom is 0.126 e. The molecule has 27 heavy (non-hydrogen) atoms. The third-order valence-electron chi connectivity index (χ3n) is 4.41. The summed E-state index contributed by atoms with van der Waals surface area (Å²) in [7, 11) is 1.67.